The molecule has 1 saturated heterocycles. The quantitative estimate of drug-likeness (QED) is 0.102. The van der Waals surface area contributed by atoms with E-state index in [1.807, 2.05) is 0 Å². The molecule has 1 heterocycles. The van der Waals surface area contributed by atoms with Crippen LogP contribution in [0.3, 0.4) is 0 Å². The highest BCUT2D eigenvalue weighted by molar-refractivity contribution is 5.97. The molecule has 1 aromatic rings. The second-order valence-electron chi connectivity index (χ2n) is 11.9. The number of amides is 2. The number of ether oxygens (including phenoxy) is 5. The maximum Gasteiger partial charge on any atom is 0.338 e. The number of rotatable bonds is 15. The van der Waals surface area contributed by atoms with Gasteiger partial charge in [0.15, 0.2) is 0 Å². The van der Waals surface area contributed by atoms with Crippen molar-refractivity contribution in [3.63, 3.8) is 0 Å². The van der Waals surface area contributed by atoms with Crippen molar-refractivity contribution in [3.05, 3.63) is 53.3 Å². The Hall–Kier alpha value is -3.82. The number of carbonyl (C=O) groups excluding carboxylic acids is 4. The van der Waals surface area contributed by atoms with Crippen LogP contribution in [-0.2, 0) is 38.1 Å². The Morgan fingerprint density at radius 3 is 2.43 bits per heavy atom. The summed E-state index contributed by atoms with van der Waals surface area (Å²) in [6.07, 6.45) is 1.06. The average Bonchev–Trinajstić information content (AvgIpc) is 3.48. The zero-order valence-corrected chi connectivity index (χ0v) is 26.5. The summed E-state index contributed by atoms with van der Waals surface area (Å²) in [6, 6.07) is 4.29. The third kappa shape index (κ3) is 11.2. The molecule has 0 spiro atoms. The molecule has 0 bridgehead atoms. The van der Waals surface area contributed by atoms with Crippen LogP contribution in [0, 0.1) is 0 Å². The van der Waals surface area contributed by atoms with E-state index in [2.05, 4.69) is 10.6 Å². The SMILES string of the molecule is C[C@H](O)[C@@H](NC(=O)C1=C[C@H]2OCO[C@H]2[C@H](OC(=O)c2ccc(C=COCCO)cc2)C1)C(=O)N[C@H](CO)CCC(=O)OC(C)(C)C. The number of fused-ring (bicyclic) bond motifs is 1. The number of aliphatic hydroxyl groups excluding tert-OH is 3. The molecule has 1 fully saturated rings. The van der Waals surface area contributed by atoms with Crippen molar-refractivity contribution in [2.45, 2.75) is 89.1 Å². The van der Waals surface area contributed by atoms with Gasteiger partial charge in [0.2, 0.25) is 11.8 Å². The van der Waals surface area contributed by atoms with Crippen molar-refractivity contribution in [2.24, 2.45) is 0 Å². The van der Waals surface area contributed by atoms with Crippen LogP contribution in [0.4, 0.5) is 0 Å². The summed E-state index contributed by atoms with van der Waals surface area (Å²) in [5, 5.41) is 33.9. The first-order valence-electron chi connectivity index (χ1n) is 15.1. The van der Waals surface area contributed by atoms with Gasteiger partial charge in [-0.1, -0.05) is 12.1 Å². The van der Waals surface area contributed by atoms with Crippen molar-refractivity contribution in [1.82, 2.24) is 10.6 Å². The maximum atomic E-state index is 13.3. The van der Waals surface area contributed by atoms with Crippen molar-refractivity contribution in [1.29, 1.82) is 0 Å². The van der Waals surface area contributed by atoms with Crippen molar-refractivity contribution < 1.29 is 58.2 Å². The zero-order valence-electron chi connectivity index (χ0n) is 26.5. The van der Waals surface area contributed by atoms with Crippen LogP contribution >= 0.6 is 0 Å². The highest BCUT2D eigenvalue weighted by Gasteiger charge is 2.43. The van der Waals surface area contributed by atoms with Crippen molar-refractivity contribution in [3.8, 4) is 0 Å². The fourth-order valence-corrected chi connectivity index (χ4v) is 4.73. The molecule has 1 aliphatic carbocycles. The van der Waals surface area contributed by atoms with Crippen LogP contribution in [0.2, 0.25) is 0 Å². The second kappa shape index (κ2) is 17.2. The first kappa shape index (κ1) is 36.6. The molecule has 2 amide bonds. The van der Waals surface area contributed by atoms with E-state index < -0.39 is 72.5 Å². The number of esters is 2. The summed E-state index contributed by atoms with van der Waals surface area (Å²) in [5.41, 5.74) is 0.500. The minimum absolute atomic E-state index is 0.0472. The Kier molecular flexibility index (Phi) is 13.7. The van der Waals surface area contributed by atoms with E-state index in [0.717, 1.165) is 5.56 Å². The predicted octanol–water partition coefficient (Wildman–Crippen LogP) is 0.728. The lowest BCUT2D eigenvalue weighted by Crippen LogP contribution is -2.55. The smallest absolute Gasteiger partial charge is 0.338 e. The fourth-order valence-electron chi connectivity index (χ4n) is 4.73. The molecule has 3 rings (SSSR count). The number of aliphatic hydroxyl groups is 3. The molecule has 0 saturated carbocycles. The molecule has 0 aromatic heterocycles. The number of nitrogens with one attached hydrogen (secondary N) is 2. The average molecular weight is 649 g/mol. The molecule has 1 aliphatic heterocycles. The van der Waals surface area contributed by atoms with E-state index in [9.17, 15) is 29.4 Å². The predicted molar refractivity (Wildman–Crippen MR) is 163 cm³/mol. The first-order valence-corrected chi connectivity index (χ1v) is 15.1. The molecular formula is C32H44N2O12. The standard InChI is InChI=1S/C32H44N2O12/c1-19(37)27(30(40)33-23(17-36)9-10-26(38)46-32(2,3)4)34-29(39)22-15-24-28(44-18-43-24)25(16-22)45-31(41)21-7-5-20(6-8-21)11-13-42-14-12-35/h5-8,11,13,15,19,23-25,27-28,35-37H,9-10,12,14,16-18H2,1-4H3,(H,33,40)(H,34,39)/t19-,23-,24+,25+,27+,28+/m0/s1. The number of hydrogen-bond donors (Lipinski definition) is 5. The molecule has 2 aliphatic rings. The van der Waals surface area contributed by atoms with E-state index in [-0.39, 0.29) is 50.4 Å². The first-order chi connectivity index (χ1) is 21.8. The van der Waals surface area contributed by atoms with Gasteiger partial charge in [-0.3, -0.25) is 14.4 Å². The minimum Gasteiger partial charge on any atom is -0.499 e. The summed E-state index contributed by atoms with van der Waals surface area (Å²) < 4.78 is 27.3. The van der Waals surface area contributed by atoms with E-state index in [0.29, 0.717) is 0 Å². The molecule has 14 nitrogen and oxygen atoms in total. The molecule has 0 unspecified atom stereocenters. The summed E-state index contributed by atoms with van der Waals surface area (Å²) in [4.78, 5) is 51.4. The number of benzene rings is 1. The van der Waals surface area contributed by atoms with Gasteiger partial charge in [-0.2, -0.15) is 0 Å². The van der Waals surface area contributed by atoms with Crippen LogP contribution in [0.25, 0.3) is 6.08 Å². The van der Waals surface area contributed by atoms with Gasteiger partial charge < -0.3 is 49.6 Å². The van der Waals surface area contributed by atoms with Crippen molar-refractivity contribution in [2.75, 3.05) is 26.6 Å². The van der Waals surface area contributed by atoms with Gasteiger partial charge in [0.05, 0.1) is 37.2 Å². The van der Waals surface area contributed by atoms with Crippen LogP contribution < -0.4 is 10.6 Å². The van der Waals surface area contributed by atoms with Gasteiger partial charge in [-0.05, 0) is 64.0 Å². The summed E-state index contributed by atoms with van der Waals surface area (Å²) in [5.74, 6) is -2.59. The van der Waals surface area contributed by atoms with E-state index >= 15 is 0 Å². The molecule has 254 valence electrons. The topological polar surface area (TPSA) is 199 Å². The van der Waals surface area contributed by atoms with Crippen molar-refractivity contribution >= 4 is 29.8 Å². The van der Waals surface area contributed by atoms with Gasteiger partial charge in [-0.25, -0.2) is 4.79 Å². The van der Waals surface area contributed by atoms with Gasteiger partial charge in [0.1, 0.15) is 43.4 Å². The van der Waals surface area contributed by atoms with Gasteiger partial charge in [0.25, 0.3) is 0 Å². The maximum absolute atomic E-state index is 13.3. The van der Waals surface area contributed by atoms with Crippen LogP contribution in [-0.4, -0.2) is 108 Å². The summed E-state index contributed by atoms with van der Waals surface area (Å²) >= 11 is 0. The monoisotopic (exact) mass is 648 g/mol. The Morgan fingerprint density at radius 1 is 1.09 bits per heavy atom. The van der Waals surface area contributed by atoms with Crippen LogP contribution in [0.1, 0.15) is 62.9 Å². The molecule has 46 heavy (non-hydrogen) atoms. The van der Waals surface area contributed by atoms with Crippen LogP contribution in [0.15, 0.2) is 42.2 Å². The largest absolute Gasteiger partial charge is 0.499 e. The lowest BCUT2D eigenvalue weighted by Gasteiger charge is -2.31. The molecule has 1 aromatic carbocycles. The molecule has 5 N–H and O–H groups in total. The minimum atomic E-state index is -1.40. The van der Waals surface area contributed by atoms with Gasteiger partial charge >= 0.3 is 11.9 Å². The highest BCUT2D eigenvalue weighted by atomic mass is 16.7. The van der Waals surface area contributed by atoms with E-state index in [1.54, 1.807) is 51.1 Å². The zero-order chi connectivity index (χ0) is 33.9. The Morgan fingerprint density at radius 2 is 1.80 bits per heavy atom. The third-order valence-corrected chi connectivity index (χ3v) is 7.00. The fraction of sp³-hybridized carbons (Fsp3) is 0.562. The second-order valence-corrected chi connectivity index (χ2v) is 11.9. The Labute approximate surface area is 267 Å². The van der Waals surface area contributed by atoms with Gasteiger partial charge in [0, 0.05) is 18.4 Å². The lowest BCUT2D eigenvalue weighted by atomic mass is 9.91. The molecule has 14 heteroatoms. The Balaban J connectivity index is 1.62. The summed E-state index contributed by atoms with van der Waals surface area (Å²) in [7, 11) is 0. The number of hydrogen-bond acceptors (Lipinski definition) is 12. The molecule has 0 radical (unpaired) electrons. The van der Waals surface area contributed by atoms with Gasteiger partial charge in [-0.15, -0.1) is 0 Å². The Bertz CT molecular complexity index is 1250. The molecular weight excluding hydrogens is 604 g/mol. The highest BCUT2D eigenvalue weighted by Crippen LogP contribution is 2.31. The third-order valence-electron chi connectivity index (χ3n) is 7.00. The number of carbonyl (C=O) groups is 4. The van der Waals surface area contributed by atoms with E-state index in [4.69, 9.17) is 28.8 Å². The normalized spacial score (nSPS) is 21.4. The van der Waals surface area contributed by atoms with Crippen LogP contribution in [0.5, 0.6) is 0 Å². The lowest BCUT2D eigenvalue weighted by molar-refractivity contribution is -0.155. The molecule has 6 atom stereocenters. The summed E-state index contributed by atoms with van der Waals surface area (Å²) in [6.45, 7) is 6.01. The van der Waals surface area contributed by atoms with E-state index in [1.165, 1.54) is 19.3 Å².